The molecule has 0 heterocycles. The largest absolute Gasteiger partial charge is 0.506 e. The fourth-order valence-corrected chi connectivity index (χ4v) is 2.52. The van der Waals surface area contributed by atoms with Crippen molar-refractivity contribution in [2.24, 2.45) is 0 Å². The summed E-state index contributed by atoms with van der Waals surface area (Å²) < 4.78 is 6.21. The van der Waals surface area contributed by atoms with Crippen LogP contribution in [0, 0.1) is 0 Å². The summed E-state index contributed by atoms with van der Waals surface area (Å²) in [5, 5.41) is 13.3. The Kier molecular flexibility index (Phi) is 6.23. The highest BCUT2D eigenvalue weighted by molar-refractivity contribution is 9.10. The summed E-state index contributed by atoms with van der Waals surface area (Å²) in [5.74, 6) is 0.299. The van der Waals surface area contributed by atoms with Crippen LogP contribution >= 0.6 is 15.9 Å². The van der Waals surface area contributed by atoms with Crippen molar-refractivity contribution in [3.8, 4) is 5.75 Å². The fraction of sp³-hybridized carbons (Fsp3) is 0.294. The lowest BCUT2D eigenvalue weighted by molar-refractivity contribution is 0.133. The zero-order chi connectivity index (χ0) is 15.1. The average Bonchev–Trinajstić information content (AvgIpc) is 2.50. The normalized spacial score (nSPS) is 10.8. The summed E-state index contributed by atoms with van der Waals surface area (Å²) >= 11 is 3.33. The minimum Gasteiger partial charge on any atom is -0.506 e. The molecule has 2 N–H and O–H groups in total. The first kappa shape index (κ1) is 16.0. The molecule has 0 amide bonds. The van der Waals surface area contributed by atoms with Gasteiger partial charge in [0.2, 0.25) is 0 Å². The summed E-state index contributed by atoms with van der Waals surface area (Å²) in [6.07, 6.45) is 0. The third kappa shape index (κ3) is 4.56. The second-order valence-corrected chi connectivity index (χ2v) is 5.61. The molecule has 0 aliphatic rings. The molecule has 0 fully saturated rings. The molecule has 112 valence electrons. The van der Waals surface area contributed by atoms with E-state index >= 15 is 0 Å². The van der Waals surface area contributed by atoms with Crippen LogP contribution in [0.1, 0.15) is 23.6 Å². The van der Waals surface area contributed by atoms with Gasteiger partial charge in [-0.1, -0.05) is 36.4 Å². The van der Waals surface area contributed by atoms with Gasteiger partial charge in [0.1, 0.15) is 5.75 Å². The molecule has 3 nitrogen and oxygen atoms in total. The number of phenolic OH excluding ortho intramolecular Hbond substituents is 1. The maximum absolute atomic E-state index is 9.96. The molecule has 2 aromatic carbocycles. The first-order valence-electron chi connectivity index (χ1n) is 7.04. The van der Waals surface area contributed by atoms with E-state index in [2.05, 4.69) is 33.4 Å². The maximum atomic E-state index is 9.96. The van der Waals surface area contributed by atoms with Gasteiger partial charge in [0.25, 0.3) is 0 Å². The SMILES string of the molecule is CCOCc1ccccc1CNCc1cccc(Br)c1O. The topological polar surface area (TPSA) is 41.5 Å². The van der Waals surface area contributed by atoms with Crippen LogP contribution in [0.3, 0.4) is 0 Å². The van der Waals surface area contributed by atoms with E-state index in [9.17, 15) is 5.11 Å². The van der Waals surface area contributed by atoms with Gasteiger partial charge in [0.05, 0.1) is 11.1 Å². The number of rotatable bonds is 7. The second kappa shape index (κ2) is 8.17. The van der Waals surface area contributed by atoms with Crippen molar-refractivity contribution in [3.63, 3.8) is 0 Å². The molecule has 0 radical (unpaired) electrons. The zero-order valence-electron chi connectivity index (χ0n) is 12.1. The summed E-state index contributed by atoms with van der Waals surface area (Å²) in [6.45, 7) is 4.71. The lowest BCUT2D eigenvalue weighted by Gasteiger charge is -2.11. The Morgan fingerprint density at radius 2 is 1.67 bits per heavy atom. The summed E-state index contributed by atoms with van der Waals surface area (Å²) in [7, 11) is 0. The van der Waals surface area contributed by atoms with E-state index in [4.69, 9.17) is 4.74 Å². The van der Waals surface area contributed by atoms with Crippen molar-refractivity contribution < 1.29 is 9.84 Å². The van der Waals surface area contributed by atoms with Gasteiger partial charge in [0, 0.05) is 25.3 Å². The monoisotopic (exact) mass is 349 g/mol. The van der Waals surface area contributed by atoms with E-state index in [0.29, 0.717) is 25.5 Å². The predicted octanol–water partition coefficient (Wildman–Crippen LogP) is 3.98. The van der Waals surface area contributed by atoms with Crippen LogP contribution in [0.4, 0.5) is 0 Å². The number of ether oxygens (including phenoxy) is 1. The Hall–Kier alpha value is -1.36. The number of halogens is 1. The Bertz CT molecular complexity index is 587. The summed E-state index contributed by atoms with van der Waals surface area (Å²) in [4.78, 5) is 0. The third-order valence-corrected chi connectivity index (χ3v) is 3.92. The van der Waals surface area contributed by atoms with Crippen molar-refractivity contribution in [2.45, 2.75) is 26.6 Å². The number of hydrogen-bond donors (Lipinski definition) is 2. The van der Waals surface area contributed by atoms with Crippen molar-refractivity contribution in [3.05, 3.63) is 63.6 Å². The van der Waals surface area contributed by atoms with Crippen molar-refractivity contribution in [1.29, 1.82) is 0 Å². The van der Waals surface area contributed by atoms with Crippen LogP contribution in [0.25, 0.3) is 0 Å². The Balaban J connectivity index is 1.95. The van der Waals surface area contributed by atoms with E-state index in [0.717, 1.165) is 16.6 Å². The number of aromatic hydroxyl groups is 1. The van der Waals surface area contributed by atoms with Crippen LogP contribution in [-0.2, 0) is 24.4 Å². The minimum absolute atomic E-state index is 0.299. The van der Waals surface area contributed by atoms with Crippen molar-refractivity contribution in [1.82, 2.24) is 5.32 Å². The second-order valence-electron chi connectivity index (χ2n) is 4.76. The fourth-order valence-electron chi connectivity index (χ4n) is 2.12. The number of para-hydroxylation sites is 1. The van der Waals surface area contributed by atoms with Crippen LogP contribution in [-0.4, -0.2) is 11.7 Å². The van der Waals surface area contributed by atoms with Crippen molar-refractivity contribution >= 4 is 15.9 Å². The van der Waals surface area contributed by atoms with Gasteiger partial charge in [-0.15, -0.1) is 0 Å². The lowest BCUT2D eigenvalue weighted by atomic mass is 10.1. The smallest absolute Gasteiger partial charge is 0.134 e. The Labute approximate surface area is 134 Å². The molecule has 21 heavy (non-hydrogen) atoms. The highest BCUT2D eigenvalue weighted by atomic mass is 79.9. The first-order valence-corrected chi connectivity index (χ1v) is 7.83. The van der Waals surface area contributed by atoms with E-state index < -0.39 is 0 Å². The highest BCUT2D eigenvalue weighted by Gasteiger charge is 2.05. The molecule has 0 spiro atoms. The van der Waals surface area contributed by atoms with Gasteiger partial charge < -0.3 is 15.2 Å². The highest BCUT2D eigenvalue weighted by Crippen LogP contribution is 2.27. The first-order chi connectivity index (χ1) is 10.2. The van der Waals surface area contributed by atoms with E-state index in [1.807, 2.05) is 37.3 Å². The average molecular weight is 350 g/mol. The number of nitrogens with one attached hydrogen (secondary N) is 1. The van der Waals surface area contributed by atoms with E-state index in [-0.39, 0.29) is 0 Å². The quantitative estimate of drug-likeness (QED) is 0.794. The molecule has 0 bridgehead atoms. The number of benzene rings is 2. The molecule has 2 rings (SSSR count). The van der Waals surface area contributed by atoms with Crippen LogP contribution < -0.4 is 5.32 Å². The van der Waals surface area contributed by atoms with Gasteiger partial charge in [0.15, 0.2) is 0 Å². The zero-order valence-corrected chi connectivity index (χ0v) is 13.7. The molecule has 0 saturated carbocycles. The molecule has 0 atom stereocenters. The predicted molar refractivity (Wildman–Crippen MR) is 88.1 cm³/mol. The van der Waals surface area contributed by atoms with Gasteiger partial charge in [-0.3, -0.25) is 0 Å². The summed E-state index contributed by atoms with van der Waals surface area (Å²) in [6, 6.07) is 13.9. The molecule has 0 aliphatic carbocycles. The lowest BCUT2D eigenvalue weighted by Crippen LogP contribution is -2.14. The third-order valence-electron chi connectivity index (χ3n) is 3.28. The van der Waals surface area contributed by atoms with Gasteiger partial charge in [-0.2, -0.15) is 0 Å². The minimum atomic E-state index is 0.299. The molecule has 0 unspecified atom stereocenters. The summed E-state index contributed by atoms with van der Waals surface area (Å²) in [5.41, 5.74) is 3.30. The van der Waals surface area contributed by atoms with E-state index in [1.54, 1.807) is 0 Å². The molecule has 0 aliphatic heterocycles. The molecular formula is C17H20BrNO2. The molecular weight excluding hydrogens is 330 g/mol. The molecule has 0 saturated heterocycles. The standard InChI is InChI=1S/C17H20BrNO2/c1-2-21-12-15-7-4-3-6-13(15)10-19-11-14-8-5-9-16(18)17(14)20/h3-9,19-20H,2,10-12H2,1H3. The Morgan fingerprint density at radius 1 is 1.00 bits per heavy atom. The van der Waals surface area contributed by atoms with Crippen LogP contribution in [0.15, 0.2) is 46.9 Å². The van der Waals surface area contributed by atoms with Crippen molar-refractivity contribution in [2.75, 3.05) is 6.61 Å². The van der Waals surface area contributed by atoms with Gasteiger partial charge in [-0.05, 0) is 40.0 Å². The van der Waals surface area contributed by atoms with Crippen LogP contribution in [0.5, 0.6) is 5.75 Å². The number of phenols is 1. The molecule has 4 heteroatoms. The van der Waals surface area contributed by atoms with Gasteiger partial charge in [-0.25, -0.2) is 0 Å². The maximum Gasteiger partial charge on any atom is 0.134 e. The number of hydrogen-bond acceptors (Lipinski definition) is 3. The van der Waals surface area contributed by atoms with E-state index in [1.165, 1.54) is 11.1 Å². The molecule has 0 aromatic heterocycles. The van der Waals surface area contributed by atoms with Gasteiger partial charge >= 0.3 is 0 Å². The van der Waals surface area contributed by atoms with Crippen LogP contribution in [0.2, 0.25) is 0 Å². The molecule has 2 aromatic rings. The Morgan fingerprint density at radius 3 is 2.43 bits per heavy atom.